The lowest BCUT2D eigenvalue weighted by atomic mass is 10.2. The molecule has 1 N–H and O–H groups in total. The third-order valence-electron chi connectivity index (χ3n) is 1.74. The third-order valence-corrected chi connectivity index (χ3v) is 1.74. The second-order valence-electron chi connectivity index (χ2n) is 2.99. The van der Waals surface area contributed by atoms with Crippen LogP contribution in [0.5, 0.6) is 0 Å². The molecule has 1 rings (SSSR count). The molecule has 0 radical (unpaired) electrons. The van der Waals surface area contributed by atoms with E-state index in [1.54, 1.807) is 0 Å². The lowest BCUT2D eigenvalue weighted by Crippen LogP contribution is -2.13. The molecule has 1 aromatic rings. The number of carboxylic acids is 1. The Morgan fingerprint density at radius 1 is 1.36 bits per heavy atom. The molecule has 0 unspecified atom stereocenters. The lowest BCUT2D eigenvalue weighted by Gasteiger charge is -2.14. The van der Waals surface area contributed by atoms with E-state index in [4.69, 9.17) is 5.11 Å². The Morgan fingerprint density at radius 3 is 2.36 bits per heavy atom. The second-order valence-corrected chi connectivity index (χ2v) is 2.99. The largest absolute Gasteiger partial charge is 0.478 e. The molecule has 14 heavy (non-hydrogen) atoms. The molecule has 0 aliphatic rings. The number of aromatic carboxylic acids is 1. The van der Waals surface area contributed by atoms with Gasteiger partial charge in [0, 0.05) is 14.1 Å². The first-order chi connectivity index (χ1) is 6.43. The second kappa shape index (κ2) is 3.61. The summed E-state index contributed by atoms with van der Waals surface area (Å²) >= 11 is 0. The van der Waals surface area contributed by atoms with Crippen molar-refractivity contribution < 1.29 is 18.7 Å². The average molecular weight is 201 g/mol. The first kappa shape index (κ1) is 10.4. The predicted octanol–water partition coefficient (Wildman–Crippen LogP) is 1.73. The highest BCUT2D eigenvalue weighted by Gasteiger charge is 2.15. The van der Waals surface area contributed by atoms with E-state index in [1.165, 1.54) is 19.0 Å². The zero-order chi connectivity index (χ0) is 10.9. The molecule has 0 saturated carbocycles. The van der Waals surface area contributed by atoms with Gasteiger partial charge in [0.1, 0.15) is 0 Å². The first-order valence-corrected chi connectivity index (χ1v) is 3.83. The van der Waals surface area contributed by atoms with Crippen LogP contribution >= 0.6 is 0 Å². The van der Waals surface area contributed by atoms with Crippen LogP contribution in [-0.4, -0.2) is 25.2 Å². The average Bonchev–Trinajstić information content (AvgIpc) is 2.08. The molecule has 0 amide bonds. The number of rotatable bonds is 2. The van der Waals surface area contributed by atoms with Gasteiger partial charge in [-0.2, -0.15) is 0 Å². The summed E-state index contributed by atoms with van der Waals surface area (Å²) in [5.74, 6) is -3.49. The first-order valence-electron chi connectivity index (χ1n) is 3.83. The molecule has 76 valence electrons. The summed E-state index contributed by atoms with van der Waals surface area (Å²) in [7, 11) is 3.01. The summed E-state index contributed by atoms with van der Waals surface area (Å²) in [6, 6.07) is 1.74. The van der Waals surface area contributed by atoms with E-state index in [9.17, 15) is 13.6 Å². The number of hydrogen-bond acceptors (Lipinski definition) is 2. The van der Waals surface area contributed by atoms with Crippen molar-refractivity contribution in [2.45, 2.75) is 0 Å². The topological polar surface area (TPSA) is 40.5 Å². The summed E-state index contributed by atoms with van der Waals surface area (Å²) < 4.78 is 26.0. The normalized spacial score (nSPS) is 10.0. The number of anilines is 1. The molecule has 0 aromatic heterocycles. The minimum atomic E-state index is -1.29. The van der Waals surface area contributed by atoms with Crippen LogP contribution in [0, 0.1) is 11.6 Å². The van der Waals surface area contributed by atoms with Gasteiger partial charge in [-0.1, -0.05) is 0 Å². The maximum Gasteiger partial charge on any atom is 0.335 e. The van der Waals surface area contributed by atoms with Crippen LogP contribution in [0.1, 0.15) is 10.4 Å². The van der Waals surface area contributed by atoms with Gasteiger partial charge in [0.2, 0.25) is 0 Å². The van der Waals surface area contributed by atoms with Crippen LogP contribution in [0.2, 0.25) is 0 Å². The van der Waals surface area contributed by atoms with Crippen molar-refractivity contribution in [1.82, 2.24) is 0 Å². The molecule has 0 atom stereocenters. The molecular formula is C9H9F2NO2. The minimum absolute atomic E-state index is 0.0811. The number of nitrogens with zero attached hydrogens (tertiary/aromatic N) is 1. The smallest absolute Gasteiger partial charge is 0.335 e. The summed E-state index contributed by atoms with van der Waals surface area (Å²) in [6.45, 7) is 0. The standard InChI is InChI=1S/C9H9F2NO2/c1-12(2)7-4-5(9(13)14)3-6(10)8(7)11/h3-4H,1-2H3,(H,13,14). The quantitative estimate of drug-likeness (QED) is 0.792. The fourth-order valence-electron chi connectivity index (χ4n) is 1.02. The summed E-state index contributed by atoms with van der Waals surface area (Å²) in [4.78, 5) is 11.8. The van der Waals surface area contributed by atoms with E-state index in [2.05, 4.69) is 0 Å². The van der Waals surface area contributed by atoms with E-state index >= 15 is 0 Å². The van der Waals surface area contributed by atoms with Crippen molar-refractivity contribution in [3.8, 4) is 0 Å². The van der Waals surface area contributed by atoms with Crippen molar-refractivity contribution in [1.29, 1.82) is 0 Å². The zero-order valence-corrected chi connectivity index (χ0v) is 7.71. The number of benzene rings is 1. The summed E-state index contributed by atoms with van der Waals surface area (Å²) in [5, 5.41) is 8.60. The number of carbonyl (C=O) groups is 1. The molecule has 1 aromatic carbocycles. The van der Waals surface area contributed by atoms with Crippen molar-refractivity contribution in [2.75, 3.05) is 19.0 Å². The van der Waals surface area contributed by atoms with Gasteiger partial charge in [0.05, 0.1) is 11.3 Å². The molecule has 5 heteroatoms. The Morgan fingerprint density at radius 2 is 1.93 bits per heavy atom. The van der Waals surface area contributed by atoms with Crippen LogP contribution in [0.15, 0.2) is 12.1 Å². The highest BCUT2D eigenvalue weighted by atomic mass is 19.2. The summed E-state index contributed by atoms with van der Waals surface area (Å²) in [6.07, 6.45) is 0. The number of carboxylic acid groups (broad SMARTS) is 1. The fourth-order valence-corrected chi connectivity index (χ4v) is 1.02. The van der Waals surface area contributed by atoms with Gasteiger partial charge in [0.15, 0.2) is 11.6 Å². The van der Waals surface area contributed by atoms with E-state index in [-0.39, 0.29) is 11.3 Å². The molecule has 0 spiro atoms. The lowest BCUT2D eigenvalue weighted by molar-refractivity contribution is 0.0696. The maximum atomic E-state index is 13.1. The highest BCUT2D eigenvalue weighted by molar-refractivity contribution is 5.88. The van der Waals surface area contributed by atoms with E-state index in [0.717, 1.165) is 6.07 Å². The van der Waals surface area contributed by atoms with Crippen LogP contribution in [0.4, 0.5) is 14.5 Å². The van der Waals surface area contributed by atoms with Crippen molar-refractivity contribution in [3.63, 3.8) is 0 Å². The van der Waals surface area contributed by atoms with Crippen LogP contribution < -0.4 is 4.90 Å². The third kappa shape index (κ3) is 1.81. The Bertz CT molecular complexity index is 377. The Hall–Kier alpha value is -1.65. The molecule has 0 saturated heterocycles. The van der Waals surface area contributed by atoms with Gasteiger partial charge >= 0.3 is 5.97 Å². The summed E-state index contributed by atoms with van der Waals surface area (Å²) in [5.41, 5.74) is -0.352. The molecule has 0 bridgehead atoms. The fraction of sp³-hybridized carbons (Fsp3) is 0.222. The SMILES string of the molecule is CN(C)c1cc(C(=O)O)cc(F)c1F. The van der Waals surface area contributed by atoms with Crippen LogP contribution in [0.25, 0.3) is 0 Å². The van der Waals surface area contributed by atoms with Crippen LogP contribution in [0.3, 0.4) is 0 Å². The Kier molecular flexibility index (Phi) is 2.69. The van der Waals surface area contributed by atoms with Gasteiger partial charge in [0.25, 0.3) is 0 Å². The highest BCUT2D eigenvalue weighted by Crippen LogP contribution is 2.21. The number of hydrogen-bond donors (Lipinski definition) is 1. The van der Waals surface area contributed by atoms with Gasteiger partial charge < -0.3 is 10.0 Å². The minimum Gasteiger partial charge on any atom is -0.478 e. The molecule has 0 aliphatic carbocycles. The molecule has 3 nitrogen and oxygen atoms in total. The van der Waals surface area contributed by atoms with Gasteiger partial charge in [-0.15, -0.1) is 0 Å². The Balaban J connectivity index is 3.35. The molecular weight excluding hydrogens is 192 g/mol. The zero-order valence-electron chi connectivity index (χ0n) is 7.71. The van der Waals surface area contributed by atoms with E-state index in [1.807, 2.05) is 0 Å². The van der Waals surface area contributed by atoms with Gasteiger partial charge in [-0.05, 0) is 12.1 Å². The van der Waals surface area contributed by atoms with Crippen LogP contribution in [-0.2, 0) is 0 Å². The maximum absolute atomic E-state index is 13.1. The molecule has 0 fully saturated rings. The molecule has 0 heterocycles. The van der Waals surface area contributed by atoms with Crippen molar-refractivity contribution >= 4 is 11.7 Å². The van der Waals surface area contributed by atoms with Crippen molar-refractivity contribution in [3.05, 3.63) is 29.3 Å². The monoisotopic (exact) mass is 201 g/mol. The molecule has 0 aliphatic heterocycles. The number of halogens is 2. The van der Waals surface area contributed by atoms with Crippen molar-refractivity contribution in [2.24, 2.45) is 0 Å². The van der Waals surface area contributed by atoms with Gasteiger partial charge in [-0.25, -0.2) is 13.6 Å². The van der Waals surface area contributed by atoms with E-state index < -0.39 is 17.6 Å². The predicted molar refractivity (Wildman–Crippen MR) is 47.6 cm³/mol. The Labute approximate surface area is 79.6 Å². The van der Waals surface area contributed by atoms with E-state index in [0.29, 0.717) is 6.07 Å². The van der Waals surface area contributed by atoms with Gasteiger partial charge in [-0.3, -0.25) is 0 Å².